The zero-order valence-corrected chi connectivity index (χ0v) is 15.2. The largest absolute Gasteiger partial charge is 0.308 e. The van der Waals surface area contributed by atoms with Gasteiger partial charge in [0, 0.05) is 18.3 Å². The van der Waals surface area contributed by atoms with E-state index in [9.17, 15) is 0 Å². The van der Waals surface area contributed by atoms with E-state index < -0.39 is 0 Å². The van der Waals surface area contributed by atoms with Crippen molar-refractivity contribution in [3.63, 3.8) is 0 Å². The summed E-state index contributed by atoms with van der Waals surface area (Å²) in [5, 5.41) is 8.03. The standard InChI is InChI=1S/C16H23BrN4/c1-10-7-13(9-19-16(4,5)6)8-18-15(10)21-12(3)14(17)11(2)20-21/h7-8,19H,9H2,1-6H3. The lowest BCUT2D eigenvalue weighted by molar-refractivity contribution is 0.424. The van der Waals surface area contributed by atoms with Gasteiger partial charge in [0.1, 0.15) is 0 Å². The van der Waals surface area contributed by atoms with Crippen LogP contribution in [0.25, 0.3) is 5.82 Å². The van der Waals surface area contributed by atoms with Crippen molar-refractivity contribution in [1.29, 1.82) is 0 Å². The van der Waals surface area contributed by atoms with Crippen molar-refractivity contribution >= 4 is 15.9 Å². The van der Waals surface area contributed by atoms with E-state index in [1.54, 1.807) is 0 Å². The summed E-state index contributed by atoms with van der Waals surface area (Å²) in [6, 6.07) is 2.17. The van der Waals surface area contributed by atoms with Gasteiger partial charge in [0.15, 0.2) is 5.82 Å². The van der Waals surface area contributed by atoms with E-state index in [1.165, 1.54) is 5.56 Å². The van der Waals surface area contributed by atoms with Crippen LogP contribution in [0.4, 0.5) is 0 Å². The second-order valence-electron chi connectivity index (χ2n) is 6.48. The molecular formula is C16H23BrN4. The smallest absolute Gasteiger partial charge is 0.156 e. The van der Waals surface area contributed by atoms with Crippen LogP contribution in [-0.2, 0) is 6.54 Å². The second kappa shape index (κ2) is 5.89. The quantitative estimate of drug-likeness (QED) is 0.914. The molecule has 2 aromatic rings. The van der Waals surface area contributed by atoms with E-state index in [0.29, 0.717) is 0 Å². The number of nitrogens with zero attached hydrogens (tertiary/aromatic N) is 3. The van der Waals surface area contributed by atoms with Gasteiger partial charge in [-0.1, -0.05) is 0 Å². The highest BCUT2D eigenvalue weighted by Gasteiger charge is 2.14. The highest BCUT2D eigenvalue weighted by atomic mass is 79.9. The first-order chi connectivity index (χ1) is 9.69. The van der Waals surface area contributed by atoms with E-state index >= 15 is 0 Å². The molecule has 4 nitrogen and oxygen atoms in total. The third-order valence-corrected chi connectivity index (χ3v) is 4.48. The Morgan fingerprint density at radius 2 is 1.90 bits per heavy atom. The summed E-state index contributed by atoms with van der Waals surface area (Å²) in [4.78, 5) is 4.60. The topological polar surface area (TPSA) is 42.7 Å². The molecule has 1 N–H and O–H groups in total. The number of nitrogens with one attached hydrogen (secondary N) is 1. The fourth-order valence-electron chi connectivity index (χ4n) is 2.14. The van der Waals surface area contributed by atoms with Crippen molar-refractivity contribution in [1.82, 2.24) is 20.1 Å². The maximum Gasteiger partial charge on any atom is 0.156 e. The van der Waals surface area contributed by atoms with Crippen molar-refractivity contribution in [3.05, 3.63) is 39.3 Å². The molecule has 0 aliphatic carbocycles. The first kappa shape index (κ1) is 16.2. The molecule has 2 aromatic heterocycles. The SMILES string of the molecule is Cc1cc(CNC(C)(C)C)cnc1-n1nc(C)c(Br)c1C. The van der Waals surface area contributed by atoms with Gasteiger partial charge < -0.3 is 5.32 Å². The summed E-state index contributed by atoms with van der Waals surface area (Å²) in [7, 11) is 0. The Morgan fingerprint density at radius 3 is 2.38 bits per heavy atom. The average Bonchev–Trinajstić information content (AvgIpc) is 2.63. The summed E-state index contributed by atoms with van der Waals surface area (Å²) in [5.74, 6) is 0.890. The Hall–Kier alpha value is -1.20. The zero-order chi connectivity index (χ0) is 15.8. The van der Waals surface area contributed by atoms with E-state index in [2.05, 4.69) is 65.1 Å². The lowest BCUT2D eigenvalue weighted by Crippen LogP contribution is -2.35. The molecule has 0 unspecified atom stereocenters. The van der Waals surface area contributed by atoms with Gasteiger partial charge in [-0.25, -0.2) is 9.67 Å². The molecule has 0 radical (unpaired) electrons. The van der Waals surface area contributed by atoms with Crippen LogP contribution in [0, 0.1) is 20.8 Å². The normalized spacial score (nSPS) is 12.0. The van der Waals surface area contributed by atoms with E-state index in [-0.39, 0.29) is 5.54 Å². The number of hydrogen-bond acceptors (Lipinski definition) is 3. The Labute approximate surface area is 135 Å². The third-order valence-electron chi connectivity index (χ3n) is 3.33. The molecule has 114 valence electrons. The molecule has 2 rings (SSSR count). The Morgan fingerprint density at radius 1 is 1.24 bits per heavy atom. The molecule has 0 aliphatic rings. The highest BCUT2D eigenvalue weighted by Crippen LogP contribution is 2.23. The maximum absolute atomic E-state index is 4.60. The van der Waals surface area contributed by atoms with Crippen molar-refractivity contribution in [2.24, 2.45) is 0 Å². The highest BCUT2D eigenvalue weighted by molar-refractivity contribution is 9.10. The minimum absolute atomic E-state index is 0.104. The number of pyridine rings is 1. The minimum atomic E-state index is 0.104. The third kappa shape index (κ3) is 3.71. The molecular weight excluding hydrogens is 328 g/mol. The molecule has 0 spiro atoms. The molecule has 0 amide bonds. The van der Waals surface area contributed by atoms with Crippen molar-refractivity contribution < 1.29 is 0 Å². The van der Waals surface area contributed by atoms with Crippen LogP contribution < -0.4 is 5.32 Å². The van der Waals surface area contributed by atoms with Crippen LogP contribution >= 0.6 is 15.9 Å². The number of hydrogen-bond donors (Lipinski definition) is 1. The fourth-order valence-corrected chi connectivity index (χ4v) is 2.39. The molecule has 0 aliphatic heterocycles. The van der Waals surface area contributed by atoms with Crippen molar-refractivity contribution in [3.8, 4) is 5.82 Å². The van der Waals surface area contributed by atoms with Gasteiger partial charge in [-0.05, 0) is 74.7 Å². The predicted octanol–water partition coefficient (Wildman–Crippen LogP) is 3.84. The van der Waals surface area contributed by atoms with Crippen molar-refractivity contribution in [2.75, 3.05) is 0 Å². The van der Waals surface area contributed by atoms with Gasteiger partial charge in [-0.2, -0.15) is 5.10 Å². The molecule has 0 saturated heterocycles. The van der Waals surface area contributed by atoms with E-state index in [1.807, 2.05) is 24.7 Å². The van der Waals surface area contributed by atoms with Gasteiger partial charge in [-0.3, -0.25) is 0 Å². The number of halogens is 1. The summed E-state index contributed by atoms with van der Waals surface area (Å²) >= 11 is 3.56. The van der Waals surface area contributed by atoms with Gasteiger partial charge in [0.25, 0.3) is 0 Å². The Kier molecular flexibility index (Phi) is 4.54. The second-order valence-corrected chi connectivity index (χ2v) is 7.28. The lowest BCUT2D eigenvalue weighted by atomic mass is 10.1. The van der Waals surface area contributed by atoms with Gasteiger partial charge in [0.2, 0.25) is 0 Å². The van der Waals surface area contributed by atoms with Gasteiger partial charge in [-0.15, -0.1) is 0 Å². The Bertz CT molecular complexity index is 653. The van der Waals surface area contributed by atoms with Crippen LogP contribution in [0.1, 0.15) is 43.3 Å². The molecule has 0 atom stereocenters. The summed E-state index contributed by atoms with van der Waals surface area (Å²) in [5.41, 5.74) is 4.47. The van der Waals surface area contributed by atoms with E-state index in [4.69, 9.17) is 0 Å². The van der Waals surface area contributed by atoms with Crippen LogP contribution in [0.5, 0.6) is 0 Å². The Balaban J connectivity index is 2.29. The maximum atomic E-state index is 4.60. The molecule has 0 saturated carbocycles. The number of rotatable bonds is 3. The molecule has 21 heavy (non-hydrogen) atoms. The van der Waals surface area contributed by atoms with Gasteiger partial charge >= 0.3 is 0 Å². The van der Waals surface area contributed by atoms with E-state index in [0.717, 1.165) is 33.8 Å². The summed E-state index contributed by atoms with van der Waals surface area (Å²) in [6.45, 7) is 13.4. The van der Waals surface area contributed by atoms with Crippen LogP contribution in [0.15, 0.2) is 16.7 Å². The number of aryl methyl sites for hydroxylation is 2. The summed E-state index contributed by atoms with van der Waals surface area (Å²) < 4.78 is 2.94. The monoisotopic (exact) mass is 350 g/mol. The first-order valence-corrected chi connectivity index (χ1v) is 7.91. The predicted molar refractivity (Wildman–Crippen MR) is 89.9 cm³/mol. The lowest BCUT2D eigenvalue weighted by Gasteiger charge is -2.20. The number of aromatic nitrogens is 3. The molecule has 5 heteroatoms. The molecule has 2 heterocycles. The minimum Gasteiger partial charge on any atom is -0.308 e. The zero-order valence-electron chi connectivity index (χ0n) is 13.6. The molecule has 0 aromatic carbocycles. The molecule has 0 fully saturated rings. The van der Waals surface area contributed by atoms with Crippen LogP contribution in [0.2, 0.25) is 0 Å². The van der Waals surface area contributed by atoms with Crippen molar-refractivity contribution in [2.45, 2.75) is 53.6 Å². The van der Waals surface area contributed by atoms with Gasteiger partial charge in [0.05, 0.1) is 15.9 Å². The summed E-state index contributed by atoms with van der Waals surface area (Å²) in [6.07, 6.45) is 1.92. The average molecular weight is 351 g/mol. The fraction of sp³-hybridized carbons (Fsp3) is 0.500. The first-order valence-electron chi connectivity index (χ1n) is 7.11. The van der Waals surface area contributed by atoms with Crippen LogP contribution in [0.3, 0.4) is 0 Å². The van der Waals surface area contributed by atoms with Crippen LogP contribution in [-0.4, -0.2) is 20.3 Å². The molecule has 0 bridgehead atoms.